The van der Waals surface area contributed by atoms with Crippen LogP contribution in [0.25, 0.3) is 0 Å². The van der Waals surface area contributed by atoms with Gasteiger partial charge in [0.05, 0.1) is 13.2 Å². The fourth-order valence-electron chi connectivity index (χ4n) is 2.42. The average Bonchev–Trinajstić information content (AvgIpc) is 2.51. The number of nitrogens with zero attached hydrogens (tertiary/aromatic N) is 1. The molecule has 0 aliphatic heterocycles. The van der Waals surface area contributed by atoms with Crippen LogP contribution in [-0.4, -0.2) is 24.1 Å². The molecule has 0 saturated carbocycles. The van der Waals surface area contributed by atoms with Crippen molar-refractivity contribution in [3.8, 4) is 0 Å². The summed E-state index contributed by atoms with van der Waals surface area (Å²) in [4.78, 5) is 17.6. The molecule has 0 bridgehead atoms. The summed E-state index contributed by atoms with van der Waals surface area (Å²) in [6.45, 7) is 1.64. The van der Waals surface area contributed by atoms with Crippen LogP contribution in [0.3, 0.4) is 0 Å². The molecular formula is C17H14Cl3F2NO2. The first kappa shape index (κ1) is 19.9. The van der Waals surface area contributed by atoms with Gasteiger partial charge in [0.1, 0.15) is 17.2 Å². The molecule has 0 fully saturated rings. The van der Waals surface area contributed by atoms with Crippen molar-refractivity contribution < 1.29 is 18.4 Å². The van der Waals surface area contributed by atoms with Crippen molar-refractivity contribution in [3.63, 3.8) is 0 Å². The third kappa shape index (κ3) is 4.42. The lowest BCUT2D eigenvalue weighted by atomic mass is 10.1. The molecule has 2 aromatic carbocycles. The van der Waals surface area contributed by atoms with E-state index in [2.05, 4.69) is 0 Å². The summed E-state index contributed by atoms with van der Waals surface area (Å²) in [5, 5.41) is 1.90. The van der Waals surface area contributed by atoms with Gasteiger partial charge in [0, 0.05) is 15.1 Å². The molecule has 134 valence electrons. The topological polar surface area (TPSA) is 29.5 Å². The van der Waals surface area contributed by atoms with Crippen molar-refractivity contribution >= 4 is 40.7 Å². The third-order valence-electron chi connectivity index (χ3n) is 3.58. The Morgan fingerprint density at radius 1 is 1.16 bits per heavy atom. The first-order valence-electron chi connectivity index (χ1n) is 7.21. The minimum absolute atomic E-state index is 0.199. The van der Waals surface area contributed by atoms with E-state index in [1.54, 1.807) is 6.92 Å². The van der Waals surface area contributed by atoms with Crippen molar-refractivity contribution in [1.29, 1.82) is 0 Å². The summed E-state index contributed by atoms with van der Waals surface area (Å²) in [6.07, 6.45) is 0.199. The van der Waals surface area contributed by atoms with Crippen LogP contribution in [0.15, 0.2) is 30.3 Å². The van der Waals surface area contributed by atoms with Gasteiger partial charge in [-0.1, -0.05) is 40.9 Å². The van der Waals surface area contributed by atoms with Crippen molar-refractivity contribution in [2.45, 2.75) is 19.4 Å². The zero-order valence-electron chi connectivity index (χ0n) is 13.3. The molecule has 25 heavy (non-hydrogen) atoms. The van der Waals surface area contributed by atoms with Gasteiger partial charge < -0.3 is 0 Å². The van der Waals surface area contributed by atoms with Gasteiger partial charge in [-0.25, -0.2) is 13.8 Å². The highest BCUT2D eigenvalue weighted by Gasteiger charge is 2.28. The van der Waals surface area contributed by atoms with Gasteiger partial charge in [-0.15, -0.1) is 0 Å². The molecule has 1 amide bonds. The van der Waals surface area contributed by atoms with Crippen LogP contribution >= 0.6 is 34.8 Å². The zero-order valence-corrected chi connectivity index (χ0v) is 15.6. The summed E-state index contributed by atoms with van der Waals surface area (Å²) in [7, 11) is 1.23. The normalized spacial score (nSPS) is 12.1. The predicted octanol–water partition coefficient (Wildman–Crippen LogP) is 5.56. The lowest BCUT2D eigenvalue weighted by Gasteiger charge is -2.27. The molecule has 2 rings (SSSR count). The van der Waals surface area contributed by atoms with Crippen LogP contribution in [0, 0.1) is 11.6 Å². The van der Waals surface area contributed by atoms with Gasteiger partial charge in [-0.3, -0.25) is 9.63 Å². The van der Waals surface area contributed by atoms with Gasteiger partial charge in [0.2, 0.25) is 0 Å². The Morgan fingerprint density at radius 2 is 1.68 bits per heavy atom. The number of amides is 1. The van der Waals surface area contributed by atoms with Crippen LogP contribution in [0.1, 0.15) is 22.8 Å². The van der Waals surface area contributed by atoms with Gasteiger partial charge in [-0.2, -0.15) is 0 Å². The summed E-state index contributed by atoms with van der Waals surface area (Å²) in [6, 6.07) is 5.62. The summed E-state index contributed by atoms with van der Waals surface area (Å²) >= 11 is 18.2. The van der Waals surface area contributed by atoms with E-state index in [0.717, 1.165) is 17.2 Å². The van der Waals surface area contributed by atoms with E-state index in [9.17, 15) is 13.6 Å². The highest BCUT2D eigenvalue weighted by molar-refractivity contribution is 6.39. The molecular weight excluding hydrogens is 395 g/mol. The molecule has 2 aromatic rings. The lowest BCUT2D eigenvalue weighted by Crippen LogP contribution is -2.40. The van der Waals surface area contributed by atoms with E-state index in [0.29, 0.717) is 20.6 Å². The minimum Gasteiger partial charge on any atom is -0.274 e. The van der Waals surface area contributed by atoms with Crippen LogP contribution in [0.5, 0.6) is 0 Å². The molecule has 3 nitrogen and oxygen atoms in total. The van der Waals surface area contributed by atoms with E-state index in [-0.39, 0.29) is 6.42 Å². The first-order chi connectivity index (χ1) is 11.8. The molecule has 0 N–H and O–H groups in total. The standard InChI is InChI=1S/C17H14Cl3F2NO2/c1-9(6-11-12(19)7-10(18)8-13(11)20)23(25-2)17(24)16-14(21)4-3-5-15(16)22/h3-5,7-9H,6H2,1-2H3/t9-/m0/s1. The van der Waals surface area contributed by atoms with E-state index >= 15 is 0 Å². The second-order valence-corrected chi connectivity index (χ2v) is 6.56. The Kier molecular flexibility index (Phi) is 6.63. The van der Waals surface area contributed by atoms with Crippen LogP contribution in [-0.2, 0) is 11.3 Å². The Labute approximate surface area is 159 Å². The van der Waals surface area contributed by atoms with Crippen molar-refractivity contribution in [2.24, 2.45) is 0 Å². The molecule has 0 heterocycles. The summed E-state index contributed by atoms with van der Waals surface area (Å²) < 4.78 is 27.7. The molecule has 0 aromatic heterocycles. The van der Waals surface area contributed by atoms with Crippen LogP contribution < -0.4 is 0 Å². The summed E-state index contributed by atoms with van der Waals surface area (Å²) in [5.41, 5.74) is -0.145. The number of benzene rings is 2. The van der Waals surface area contributed by atoms with E-state index in [1.807, 2.05) is 0 Å². The maximum absolute atomic E-state index is 13.9. The number of carbonyl (C=O) groups excluding carboxylic acids is 1. The maximum Gasteiger partial charge on any atom is 0.283 e. The smallest absolute Gasteiger partial charge is 0.274 e. The van der Waals surface area contributed by atoms with Crippen molar-refractivity contribution in [2.75, 3.05) is 7.11 Å². The van der Waals surface area contributed by atoms with E-state index in [4.69, 9.17) is 39.6 Å². The quantitative estimate of drug-likeness (QED) is 0.606. The Hall–Kier alpha value is -1.40. The number of hydrogen-bond donors (Lipinski definition) is 0. The highest BCUT2D eigenvalue weighted by atomic mass is 35.5. The predicted molar refractivity (Wildman–Crippen MR) is 94.2 cm³/mol. The molecule has 8 heteroatoms. The van der Waals surface area contributed by atoms with Gasteiger partial charge in [-0.05, 0) is 43.2 Å². The number of rotatable bonds is 5. The molecule has 0 aliphatic carbocycles. The number of hydrogen-bond acceptors (Lipinski definition) is 2. The number of carbonyl (C=O) groups is 1. The fourth-order valence-corrected chi connectivity index (χ4v) is 3.39. The Balaban J connectivity index is 2.30. The fraction of sp³-hybridized carbons (Fsp3) is 0.235. The zero-order chi connectivity index (χ0) is 18.7. The SMILES string of the molecule is CON(C(=O)c1c(F)cccc1F)[C@@H](C)Cc1c(Cl)cc(Cl)cc1Cl. The van der Waals surface area contributed by atoms with Crippen LogP contribution in [0.2, 0.25) is 15.1 Å². The molecule has 1 atom stereocenters. The third-order valence-corrected chi connectivity index (χ3v) is 4.47. The van der Waals surface area contributed by atoms with E-state index < -0.39 is 29.1 Å². The molecule has 0 unspecified atom stereocenters. The maximum atomic E-state index is 13.9. The van der Waals surface area contributed by atoms with Crippen LogP contribution in [0.4, 0.5) is 8.78 Å². The second-order valence-electron chi connectivity index (χ2n) is 5.31. The molecule has 0 spiro atoms. The van der Waals surface area contributed by atoms with Gasteiger partial charge in [0.25, 0.3) is 5.91 Å². The Morgan fingerprint density at radius 3 is 2.16 bits per heavy atom. The minimum atomic E-state index is -0.971. The van der Waals surface area contributed by atoms with E-state index in [1.165, 1.54) is 25.3 Å². The first-order valence-corrected chi connectivity index (χ1v) is 8.34. The van der Waals surface area contributed by atoms with Gasteiger partial charge in [0.15, 0.2) is 0 Å². The second kappa shape index (κ2) is 8.32. The monoisotopic (exact) mass is 407 g/mol. The lowest BCUT2D eigenvalue weighted by molar-refractivity contribution is -0.119. The molecule has 0 radical (unpaired) electrons. The summed E-state index contributed by atoms with van der Waals surface area (Å²) in [5.74, 6) is -2.88. The largest absolute Gasteiger partial charge is 0.283 e. The number of halogens is 5. The molecule has 0 saturated heterocycles. The highest BCUT2D eigenvalue weighted by Crippen LogP contribution is 2.31. The molecule has 0 aliphatic rings. The number of hydroxylamine groups is 2. The average molecular weight is 409 g/mol. The van der Waals surface area contributed by atoms with Gasteiger partial charge >= 0.3 is 0 Å². The van der Waals surface area contributed by atoms with Crippen molar-refractivity contribution in [3.05, 3.63) is 68.2 Å². The Bertz CT molecular complexity index is 758. The van der Waals surface area contributed by atoms with Crippen molar-refractivity contribution in [1.82, 2.24) is 5.06 Å².